The van der Waals surface area contributed by atoms with Crippen molar-refractivity contribution >= 4 is 22.0 Å². The molecule has 0 bridgehead atoms. The number of aliphatic carboxylic acids is 1. The molecule has 0 saturated heterocycles. The molecule has 0 radical (unpaired) electrons. The second-order valence-electron chi connectivity index (χ2n) is 3.73. The van der Waals surface area contributed by atoms with Crippen molar-refractivity contribution in [2.45, 2.75) is 25.8 Å². The molecule has 1 rings (SSSR count). The lowest BCUT2D eigenvalue weighted by Crippen LogP contribution is -2.40. The Hall–Kier alpha value is -1.15. The Morgan fingerprint density at radius 1 is 1.41 bits per heavy atom. The van der Waals surface area contributed by atoms with Crippen molar-refractivity contribution in [3.8, 4) is 0 Å². The molecule has 8 heteroatoms. The van der Waals surface area contributed by atoms with Gasteiger partial charge in [-0.25, -0.2) is 8.42 Å². The van der Waals surface area contributed by atoms with Crippen LogP contribution in [0.3, 0.4) is 0 Å². The van der Waals surface area contributed by atoms with E-state index in [0.29, 0.717) is 12.8 Å². The highest BCUT2D eigenvalue weighted by Gasteiger charge is 2.39. The third-order valence-electron chi connectivity index (χ3n) is 2.21. The first-order chi connectivity index (χ1) is 7.86. The van der Waals surface area contributed by atoms with Gasteiger partial charge in [-0.05, 0) is 19.8 Å². The smallest absolute Gasteiger partial charge is 0.322 e. The lowest BCUT2D eigenvalue weighted by atomic mass is 10.6. The number of carbonyl (C=O) groups is 2. The maximum atomic E-state index is 11.8. The second kappa shape index (κ2) is 5.46. The number of carbonyl (C=O) groups excluding carboxylic acids is 1. The first-order valence-corrected chi connectivity index (χ1v) is 6.84. The summed E-state index contributed by atoms with van der Waals surface area (Å²) in [5, 5.41) is 8.64. The average molecular weight is 265 g/mol. The van der Waals surface area contributed by atoms with Gasteiger partial charge >= 0.3 is 11.9 Å². The SMILES string of the molecule is CCOC(=O)CS(=O)(=O)N(CC(=O)O)C1CC1. The number of sulfonamides is 1. The summed E-state index contributed by atoms with van der Waals surface area (Å²) < 4.78 is 29.0. The summed E-state index contributed by atoms with van der Waals surface area (Å²) in [6, 6.07) is -0.287. The molecule has 1 saturated carbocycles. The predicted molar refractivity (Wildman–Crippen MR) is 57.8 cm³/mol. The molecule has 1 N–H and O–H groups in total. The van der Waals surface area contributed by atoms with Crippen molar-refractivity contribution in [3.63, 3.8) is 0 Å². The van der Waals surface area contributed by atoms with E-state index in [1.54, 1.807) is 6.92 Å². The zero-order valence-corrected chi connectivity index (χ0v) is 10.3. The molecule has 0 aromatic rings. The summed E-state index contributed by atoms with van der Waals surface area (Å²) in [6.07, 6.45) is 1.27. The van der Waals surface area contributed by atoms with Gasteiger partial charge in [0.15, 0.2) is 5.75 Å². The highest BCUT2D eigenvalue weighted by molar-refractivity contribution is 7.89. The van der Waals surface area contributed by atoms with Gasteiger partial charge < -0.3 is 9.84 Å². The first kappa shape index (κ1) is 13.9. The van der Waals surface area contributed by atoms with Crippen molar-refractivity contribution < 1.29 is 27.9 Å². The number of ether oxygens (including phenoxy) is 1. The quantitative estimate of drug-likeness (QED) is 0.618. The molecule has 1 fully saturated rings. The maximum Gasteiger partial charge on any atom is 0.322 e. The van der Waals surface area contributed by atoms with Crippen LogP contribution in [0.4, 0.5) is 0 Å². The normalized spacial score (nSPS) is 15.9. The molecule has 0 spiro atoms. The number of hydrogen-bond acceptors (Lipinski definition) is 5. The Balaban J connectivity index is 2.70. The van der Waals surface area contributed by atoms with Crippen molar-refractivity contribution in [1.29, 1.82) is 0 Å². The highest BCUT2D eigenvalue weighted by atomic mass is 32.2. The van der Waals surface area contributed by atoms with Gasteiger partial charge in [0, 0.05) is 6.04 Å². The topological polar surface area (TPSA) is 101 Å². The number of rotatable bonds is 7. The largest absolute Gasteiger partial charge is 0.480 e. The Kier molecular flexibility index (Phi) is 4.47. The van der Waals surface area contributed by atoms with Crippen LogP contribution in [-0.4, -0.2) is 54.7 Å². The molecule has 0 aliphatic heterocycles. The van der Waals surface area contributed by atoms with Crippen LogP contribution in [0.2, 0.25) is 0 Å². The molecular weight excluding hydrogens is 250 g/mol. The molecule has 0 atom stereocenters. The van der Waals surface area contributed by atoms with Gasteiger partial charge in [-0.15, -0.1) is 0 Å². The van der Waals surface area contributed by atoms with Crippen LogP contribution in [0.5, 0.6) is 0 Å². The van der Waals surface area contributed by atoms with E-state index in [4.69, 9.17) is 5.11 Å². The number of esters is 1. The molecular formula is C9H15NO6S. The summed E-state index contributed by atoms with van der Waals surface area (Å²) >= 11 is 0. The third-order valence-corrected chi connectivity index (χ3v) is 3.95. The van der Waals surface area contributed by atoms with Crippen LogP contribution in [0.15, 0.2) is 0 Å². The Morgan fingerprint density at radius 3 is 2.41 bits per heavy atom. The third kappa shape index (κ3) is 4.31. The standard InChI is InChI=1S/C9H15NO6S/c1-2-16-9(13)6-17(14,15)10(5-8(11)12)7-3-4-7/h7H,2-6H2,1H3,(H,11,12). The lowest BCUT2D eigenvalue weighted by molar-refractivity contribution is -0.140. The summed E-state index contributed by atoms with van der Waals surface area (Å²) in [5.41, 5.74) is 0. The van der Waals surface area contributed by atoms with Crippen molar-refractivity contribution in [3.05, 3.63) is 0 Å². The minimum Gasteiger partial charge on any atom is -0.480 e. The zero-order chi connectivity index (χ0) is 13.1. The molecule has 7 nitrogen and oxygen atoms in total. The molecule has 1 aliphatic carbocycles. The van der Waals surface area contributed by atoms with Crippen molar-refractivity contribution in [2.75, 3.05) is 18.9 Å². The number of nitrogens with zero attached hydrogens (tertiary/aromatic N) is 1. The van der Waals surface area contributed by atoms with E-state index in [9.17, 15) is 18.0 Å². The van der Waals surface area contributed by atoms with Crippen LogP contribution >= 0.6 is 0 Å². The van der Waals surface area contributed by atoms with Gasteiger partial charge in [0.1, 0.15) is 6.54 Å². The molecule has 0 unspecified atom stereocenters. The minimum atomic E-state index is -3.90. The van der Waals surface area contributed by atoms with E-state index >= 15 is 0 Å². The fourth-order valence-corrected chi connectivity index (χ4v) is 2.90. The van der Waals surface area contributed by atoms with Crippen LogP contribution < -0.4 is 0 Å². The first-order valence-electron chi connectivity index (χ1n) is 5.23. The van der Waals surface area contributed by atoms with E-state index in [0.717, 1.165) is 4.31 Å². The van der Waals surface area contributed by atoms with E-state index in [1.165, 1.54) is 0 Å². The number of carboxylic acids is 1. The van der Waals surface area contributed by atoms with Crippen LogP contribution in [0.25, 0.3) is 0 Å². The monoisotopic (exact) mass is 265 g/mol. The summed E-state index contributed by atoms with van der Waals surface area (Å²) in [6.45, 7) is 1.06. The van der Waals surface area contributed by atoms with Crippen LogP contribution in [0.1, 0.15) is 19.8 Å². The Labute approximate surface area is 99.4 Å². The molecule has 98 valence electrons. The number of hydrogen-bond donors (Lipinski definition) is 1. The van der Waals surface area contributed by atoms with Gasteiger partial charge in [-0.2, -0.15) is 4.31 Å². The molecule has 17 heavy (non-hydrogen) atoms. The fourth-order valence-electron chi connectivity index (χ4n) is 1.38. The van der Waals surface area contributed by atoms with E-state index < -0.39 is 34.3 Å². The maximum absolute atomic E-state index is 11.8. The van der Waals surface area contributed by atoms with Gasteiger partial charge in [0.2, 0.25) is 10.0 Å². The molecule has 0 heterocycles. The zero-order valence-electron chi connectivity index (χ0n) is 9.46. The number of carboxylic acid groups (broad SMARTS) is 1. The lowest BCUT2D eigenvalue weighted by Gasteiger charge is -2.18. The molecule has 0 amide bonds. The Bertz CT molecular complexity index is 400. The predicted octanol–water partition coefficient (Wildman–Crippen LogP) is -0.572. The van der Waals surface area contributed by atoms with Crippen LogP contribution in [-0.2, 0) is 24.3 Å². The van der Waals surface area contributed by atoms with Crippen LogP contribution in [0, 0.1) is 0 Å². The van der Waals surface area contributed by atoms with E-state index in [2.05, 4.69) is 4.74 Å². The van der Waals surface area contributed by atoms with Gasteiger partial charge in [0.25, 0.3) is 0 Å². The fraction of sp³-hybridized carbons (Fsp3) is 0.778. The summed E-state index contributed by atoms with van der Waals surface area (Å²) in [4.78, 5) is 21.7. The second-order valence-corrected chi connectivity index (χ2v) is 5.65. The Morgan fingerprint density at radius 2 is 2.00 bits per heavy atom. The minimum absolute atomic E-state index is 0.0940. The summed E-state index contributed by atoms with van der Waals surface area (Å²) in [7, 11) is -3.90. The molecule has 0 aromatic heterocycles. The van der Waals surface area contributed by atoms with Crippen molar-refractivity contribution in [1.82, 2.24) is 4.31 Å². The average Bonchev–Trinajstić information content (AvgIpc) is 2.96. The van der Waals surface area contributed by atoms with Gasteiger partial charge in [-0.1, -0.05) is 0 Å². The summed E-state index contributed by atoms with van der Waals surface area (Å²) in [5.74, 6) is -2.89. The molecule has 1 aliphatic rings. The molecule has 0 aromatic carbocycles. The van der Waals surface area contributed by atoms with Gasteiger partial charge in [0.05, 0.1) is 6.61 Å². The van der Waals surface area contributed by atoms with E-state index in [-0.39, 0.29) is 12.6 Å². The van der Waals surface area contributed by atoms with Gasteiger partial charge in [-0.3, -0.25) is 9.59 Å². The van der Waals surface area contributed by atoms with E-state index in [1.807, 2.05) is 0 Å². The van der Waals surface area contributed by atoms with Crippen molar-refractivity contribution in [2.24, 2.45) is 0 Å². The highest BCUT2D eigenvalue weighted by Crippen LogP contribution is 2.29.